The number of hydrogen-bond donors (Lipinski definition) is 2. The smallest absolute Gasteiger partial charge is 0.271 e. The number of carbonyl (C=O) groups excluding carboxylic acids is 1. The van der Waals surface area contributed by atoms with E-state index in [9.17, 15) is 17.6 Å². The SMILES string of the molecule is Cc1noc(/C=C/c2ccc(S(=O)(=O)Nc3ccccc3F)s2)c1NC(=O)C1CC1. The Morgan fingerprint density at radius 3 is 2.73 bits per heavy atom. The zero-order chi connectivity index (χ0) is 21.3. The average Bonchev–Trinajstić information content (AvgIpc) is 3.35. The summed E-state index contributed by atoms with van der Waals surface area (Å²) in [5, 5.41) is 6.72. The maximum atomic E-state index is 13.8. The molecule has 1 amide bonds. The van der Waals surface area contributed by atoms with E-state index in [2.05, 4.69) is 15.2 Å². The number of halogens is 1. The van der Waals surface area contributed by atoms with Gasteiger partial charge in [0.15, 0.2) is 5.76 Å². The van der Waals surface area contributed by atoms with E-state index in [-0.39, 0.29) is 21.7 Å². The molecule has 2 N–H and O–H groups in total. The molecule has 0 bridgehead atoms. The molecule has 2 heterocycles. The van der Waals surface area contributed by atoms with Crippen molar-refractivity contribution >= 4 is 50.8 Å². The molecule has 30 heavy (non-hydrogen) atoms. The van der Waals surface area contributed by atoms with Gasteiger partial charge in [-0.25, -0.2) is 12.8 Å². The molecule has 10 heteroatoms. The van der Waals surface area contributed by atoms with Crippen LogP contribution in [0.5, 0.6) is 0 Å². The molecule has 1 aliphatic carbocycles. The first-order valence-corrected chi connectivity index (χ1v) is 11.5. The summed E-state index contributed by atoms with van der Waals surface area (Å²) >= 11 is 1.02. The molecule has 4 rings (SSSR count). The molecule has 1 aliphatic rings. The number of thiophene rings is 1. The zero-order valence-corrected chi connectivity index (χ0v) is 17.5. The molecule has 0 spiro atoms. The molecule has 156 valence electrons. The van der Waals surface area contributed by atoms with Gasteiger partial charge in [0.1, 0.15) is 21.4 Å². The molecule has 0 atom stereocenters. The molecular weight excluding hydrogens is 429 g/mol. The summed E-state index contributed by atoms with van der Waals surface area (Å²) in [6.07, 6.45) is 5.05. The van der Waals surface area contributed by atoms with Crippen molar-refractivity contribution in [1.29, 1.82) is 0 Å². The van der Waals surface area contributed by atoms with Gasteiger partial charge in [0, 0.05) is 10.8 Å². The number of amides is 1. The van der Waals surface area contributed by atoms with Crippen LogP contribution in [0.25, 0.3) is 12.2 Å². The van der Waals surface area contributed by atoms with Gasteiger partial charge >= 0.3 is 0 Å². The van der Waals surface area contributed by atoms with Gasteiger partial charge in [0.25, 0.3) is 10.0 Å². The van der Waals surface area contributed by atoms with Crippen LogP contribution in [0.3, 0.4) is 0 Å². The van der Waals surface area contributed by atoms with Gasteiger partial charge < -0.3 is 9.84 Å². The van der Waals surface area contributed by atoms with E-state index in [1.165, 1.54) is 24.3 Å². The van der Waals surface area contributed by atoms with Gasteiger partial charge in [0.2, 0.25) is 5.91 Å². The molecule has 0 aliphatic heterocycles. The Bertz CT molecular complexity index is 1230. The molecular formula is C20H18FN3O4S2. The lowest BCUT2D eigenvalue weighted by Gasteiger charge is -2.06. The number of benzene rings is 1. The van der Waals surface area contributed by atoms with Gasteiger partial charge in [-0.15, -0.1) is 11.3 Å². The Labute approximate surface area is 176 Å². The minimum Gasteiger partial charge on any atom is -0.354 e. The lowest BCUT2D eigenvalue weighted by Crippen LogP contribution is -2.14. The highest BCUT2D eigenvalue weighted by molar-refractivity contribution is 7.94. The van der Waals surface area contributed by atoms with Gasteiger partial charge in [-0.1, -0.05) is 17.3 Å². The van der Waals surface area contributed by atoms with E-state index < -0.39 is 15.8 Å². The van der Waals surface area contributed by atoms with Crippen LogP contribution in [0, 0.1) is 18.7 Å². The molecule has 7 nitrogen and oxygen atoms in total. The number of nitrogens with zero attached hydrogens (tertiary/aromatic N) is 1. The lowest BCUT2D eigenvalue weighted by molar-refractivity contribution is -0.117. The Morgan fingerprint density at radius 1 is 1.23 bits per heavy atom. The maximum Gasteiger partial charge on any atom is 0.271 e. The number of carbonyl (C=O) groups is 1. The number of hydrogen-bond acceptors (Lipinski definition) is 6. The van der Waals surface area contributed by atoms with Crippen molar-refractivity contribution in [2.75, 3.05) is 10.0 Å². The number of rotatable bonds is 7. The standard InChI is InChI=1S/C20H18FN3O4S2/c1-12-19(22-20(25)13-6-7-13)17(28-23-12)10-8-14-9-11-18(29-14)30(26,27)24-16-5-3-2-4-15(16)21/h2-5,8-11,13,24H,6-7H2,1H3,(H,22,25)/b10-8+. The Hall–Kier alpha value is -2.98. The molecule has 1 aromatic carbocycles. The number of sulfonamides is 1. The second-order valence-corrected chi connectivity index (χ2v) is 9.87. The fraction of sp³-hybridized carbons (Fsp3) is 0.200. The second kappa shape index (κ2) is 8.04. The molecule has 0 saturated heterocycles. The van der Waals surface area contributed by atoms with E-state index in [1.807, 2.05) is 0 Å². The summed E-state index contributed by atoms with van der Waals surface area (Å²) in [5.74, 6) is -0.286. The van der Waals surface area contributed by atoms with Crippen molar-refractivity contribution < 1.29 is 22.1 Å². The average molecular weight is 448 g/mol. The first-order valence-electron chi connectivity index (χ1n) is 9.16. The molecule has 3 aromatic rings. The fourth-order valence-electron chi connectivity index (χ4n) is 2.69. The largest absolute Gasteiger partial charge is 0.354 e. The van der Waals surface area contributed by atoms with Gasteiger partial charge in [-0.05, 0) is 56.2 Å². The van der Waals surface area contributed by atoms with Crippen molar-refractivity contribution in [2.24, 2.45) is 5.92 Å². The highest BCUT2D eigenvalue weighted by Gasteiger charge is 2.30. The molecule has 0 unspecified atom stereocenters. The first kappa shape index (κ1) is 20.3. The van der Waals surface area contributed by atoms with Crippen molar-refractivity contribution in [1.82, 2.24) is 5.16 Å². The van der Waals surface area contributed by atoms with Gasteiger partial charge in [-0.2, -0.15) is 0 Å². The first-order chi connectivity index (χ1) is 14.3. The summed E-state index contributed by atoms with van der Waals surface area (Å²) < 4.78 is 46.4. The predicted octanol–water partition coefficient (Wildman–Crippen LogP) is 4.50. The van der Waals surface area contributed by atoms with Crippen LogP contribution in [0.15, 0.2) is 45.1 Å². The van der Waals surface area contributed by atoms with E-state index in [0.29, 0.717) is 22.0 Å². The zero-order valence-electron chi connectivity index (χ0n) is 15.9. The number of para-hydroxylation sites is 1. The maximum absolute atomic E-state index is 13.8. The summed E-state index contributed by atoms with van der Waals surface area (Å²) in [6.45, 7) is 1.73. The van der Waals surface area contributed by atoms with Crippen LogP contribution in [0.1, 0.15) is 29.2 Å². The molecule has 2 aromatic heterocycles. The number of aryl methyl sites for hydroxylation is 1. The normalized spacial score (nSPS) is 14.2. The topological polar surface area (TPSA) is 101 Å². The minimum atomic E-state index is -3.92. The Morgan fingerprint density at radius 2 is 2.00 bits per heavy atom. The quantitative estimate of drug-likeness (QED) is 0.555. The summed E-state index contributed by atoms with van der Waals surface area (Å²) in [6, 6.07) is 8.62. The third kappa shape index (κ3) is 4.44. The monoisotopic (exact) mass is 447 g/mol. The van der Waals surface area contributed by atoms with Crippen molar-refractivity contribution in [2.45, 2.75) is 24.0 Å². The number of anilines is 2. The van der Waals surface area contributed by atoms with E-state index in [4.69, 9.17) is 4.52 Å². The summed E-state index contributed by atoms with van der Waals surface area (Å²) in [5.41, 5.74) is 0.956. The summed E-state index contributed by atoms with van der Waals surface area (Å²) in [4.78, 5) is 12.7. The predicted molar refractivity (Wildman–Crippen MR) is 113 cm³/mol. The van der Waals surface area contributed by atoms with Gasteiger partial charge in [0.05, 0.1) is 5.69 Å². The summed E-state index contributed by atoms with van der Waals surface area (Å²) in [7, 11) is -3.92. The molecule has 1 saturated carbocycles. The van der Waals surface area contributed by atoms with E-state index in [0.717, 1.165) is 24.2 Å². The van der Waals surface area contributed by atoms with E-state index in [1.54, 1.807) is 31.2 Å². The second-order valence-electron chi connectivity index (χ2n) is 6.85. The number of nitrogens with one attached hydrogen (secondary N) is 2. The lowest BCUT2D eigenvalue weighted by atomic mass is 10.2. The van der Waals surface area contributed by atoms with E-state index >= 15 is 0 Å². The van der Waals surface area contributed by atoms with Crippen molar-refractivity contribution in [3.8, 4) is 0 Å². The third-order valence-corrected chi connectivity index (χ3v) is 7.38. The van der Waals surface area contributed by atoms with Crippen molar-refractivity contribution in [3.63, 3.8) is 0 Å². The highest BCUT2D eigenvalue weighted by atomic mass is 32.2. The van der Waals surface area contributed by atoms with Crippen LogP contribution >= 0.6 is 11.3 Å². The van der Waals surface area contributed by atoms with Gasteiger partial charge in [-0.3, -0.25) is 9.52 Å². The van der Waals surface area contributed by atoms with Crippen LogP contribution in [-0.2, 0) is 14.8 Å². The van der Waals surface area contributed by atoms with Crippen LogP contribution in [0.4, 0.5) is 15.8 Å². The Kier molecular flexibility index (Phi) is 5.44. The molecule has 0 radical (unpaired) electrons. The van der Waals surface area contributed by atoms with Crippen LogP contribution in [0.2, 0.25) is 0 Å². The minimum absolute atomic E-state index is 0.0430. The highest BCUT2D eigenvalue weighted by Crippen LogP contribution is 2.32. The fourth-order valence-corrected chi connectivity index (χ4v) is 4.98. The van der Waals surface area contributed by atoms with Crippen LogP contribution in [-0.4, -0.2) is 19.5 Å². The van der Waals surface area contributed by atoms with Crippen LogP contribution < -0.4 is 10.0 Å². The molecule has 1 fully saturated rings. The van der Waals surface area contributed by atoms with Crippen molar-refractivity contribution in [3.05, 3.63) is 58.5 Å². The Balaban J connectivity index is 1.50. The third-order valence-electron chi connectivity index (χ3n) is 4.47. The number of aromatic nitrogens is 1.